The van der Waals surface area contributed by atoms with Crippen LogP contribution in [-0.2, 0) is 9.84 Å². The van der Waals surface area contributed by atoms with Gasteiger partial charge in [-0.1, -0.05) is 6.07 Å². The van der Waals surface area contributed by atoms with Gasteiger partial charge >= 0.3 is 5.97 Å². The minimum absolute atomic E-state index is 0.119. The van der Waals surface area contributed by atoms with Crippen LogP contribution < -0.4 is 5.32 Å². The third-order valence-electron chi connectivity index (χ3n) is 1.65. The number of nitrogens with one attached hydrogen (secondary N) is 1. The Morgan fingerprint density at radius 1 is 1.47 bits per heavy atom. The molecule has 6 heteroatoms. The smallest absolute Gasteiger partial charge is 0.335 e. The van der Waals surface area contributed by atoms with E-state index in [1.165, 1.54) is 12.1 Å². The molecule has 0 aromatic heterocycles. The van der Waals surface area contributed by atoms with Gasteiger partial charge in [0, 0.05) is 11.9 Å². The Balaban J connectivity index is 2.79. The van der Waals surface area contributed by atoms with Gasteiger partial charge in [0.1, 0.15) is 5.88 Å². The number of carbonyl (C=O) groups is 1. The maximum absolute atomic E-state index is 10.8. The second kappa shape index (κ2) is 4.31. The van der Waals surface area contributed by atoms with Crippen molar-refractivity contribution in [3.8, 4) is 0 Å². The Morgan fingerprint density at radius 3 is 2.67 bits per heavy atom. The molecule has 1 aromatic carbocycles. The van der Waals surface area contributed by atoms with Crippen LogP contribution in [0.15, 0.2) is 24.3 Å². The first-order valence-corrected chi connectivity index (χ1v) is 6.19. The SMILES string of the molecule is CS(=O)(=O)CNc1cccc(C(=O)O)c1. The monoisotopic (exact) mass is 229 g/mol. The maximum atomic E-state index is 10.8. The number of benzene rings is 1. The van der Waals surface area contributed by atoms with Crippen LogP contribution in [0.3, 0.4) is 0 Å². The van der Waals surface area contributed by atoms with Gasteiger partial charge in [0.05, 0.1) is 5.56 Å². The predicted molar refractivity (Wildman–Crippen MR) is 56.7 cm³/mol. The lowest BCUT2D eigenvalue weighted by Crippen LogP contribution is -2.12. The minimum Gasteiger partial charge on any atom is -0.478 e. The first-order chi connectivity index (χ1) is 6.88. The molecule has 82 valence electrons. The van der Waals surface area contributed by atoms with Crippen LogP contribution in [0.2, 0.25) is 0 Å². The third kappa shape index (κ3) is 3.99. The Bertz CT molecular complexity index is 467. The summed E-state index contributed by atoms with van der Waals surface area (Å²) in [7, 11) is -3.11. The summed E-state index contributed by atoms with van der Waals surface area (Å²) >= 11 is 0. The van der Waals surface area contributed by atoms with Crippen LogP contribution >= 0.6 is 0 Å². The van der Waals surface area contributed by atoms with Crippen LogP contribution in [0.4, 0.5) is 5.69 Å². The molecule has 0 heterocycles. The number of anilines is 1. The lowest BCUT2D eigenvalue weighted by Gasteiger charge is -2.05. The van der Waals surface area contributed by atoms with Crippen molar-refractivity contribution in [2.45, 2.75) is 0 Å². The predicted octanol–water partition coefficient (Wildman–Crippen LogP) is 0.799. The fourth-order valence-electron chi connectivity index (χ4n) is 0.977. The molecule has 5 nitrogen and oxygen atoms in total. The average Bonchev–Trinajstić information content (AvgIpc) is 2.14. The summed E-state index contributed by atoms with van der Waals surface area (Å²) in [5.74, 6) is -1.26. The van der Waals surface area contributed by atoms with Crippen LogP contribution in [0.25, 0.3) is 0 Å². The normalized spacial score (nSPS) is 11.0. The van der Waals surface area contributed by atoms with E-state index in [1.54, 1.807) is 12.1 Å². The van der Waals surface area contributed by atoms with E-state index in [0.717, 1.165) is 6.26 Å². The van der Waals surface area contributed by atoms with Crippen LogP contribution in [0.1, 0.15) is 10.4 Å². The molecule has 2 N–H and O–H groups in total. The van der Waals surface area contributed by atoms with Gasteiger partial charge in [0.15, 0.2) is 9.84 Å². The highest BCUT2D eigenvalue weighted by molar-refractivity contribution is 7.90. The molecule has 0 saturated heterocycles. The molecule has 0 spiro atoms. The van der Waals surface area contributed by atoms with E-state index in [4.69, 9.17) is 5.11 Å². The quantitative estimate of drug-likeness (QED) is 0.797. The molecule has 15 heavy (non-hydrogen) atoms. The first kappa shape index (κ1) is 11.5. The van der Waals surface area contributed by atoms with Gasteiger partial charge in [-0.15, -0.1) is 0 Å². The molecule has 0 saturated carbocycles. The number of rotatable bonds is 4. The van der Waals surface area contributed by atoms with Crippen LogP contribution in [-0.4, -0.2) is 31.6 Å². The van der Waals surface area contributed by atoms with Crippen molar-refractivity contribution in [3.63, 3.8) is 0 Å². The van der Waals surface area contributed by atoms with Crippen LogP contribution in [0.5, 0.6) is 0 Å². The molecule has 0 aliphatic rings. The lowest BCUT2D eigenvalue weighted by molar-refractivity contribution is 0.0697. The maximum Gasteiger partial charge on any atom is 0.335 e. The largest absolute Gasteiger partial charge is 0.478 e. The van der Waals surface area contributed by atoms with E-state index >= 15 is 0 Å². The third-order valence-corrected chi connectivity index (χ3v) is 2.32. The highest BCUT2D eigenvalue weighted by atomic mass is 32.2. The number of hydrogen-bond donors (Lipinski definition) is 2. The van der Waals surface area contributed by atoms with Gasteiger partial charge in [-0.05, 0) is 18.2 Å². The van der Waals surface area contributed by atoms with E-state index in [1.807, 2.05) is 0 Å². The molecular weight excluding hydrogens is 218 g/mol. The molecule has 0 aliphatic carbocycles. The summed E-state index contributed by atoms with van der Waals surface area (Å²) in [6.45, 7) is 0. The molecule has 1 rings (SSSR count). The summed E-state index contributed by atoms with van der Waals surface area (Å²) in [6.07, 6.45) is 1.10. The average molecular weight is 229 g/mol. The molecule has 0 atom stereocenters. The van der Waals surface area contributed by atoms with E-state index in [0.29, 0.717) is 5.69 Å². The summed E-state index contributed by atoms with van der Waals surface area (Å²) in [5.41, 5.74) is 0.592. The second-order valence-electron chi connectivity index (χ2n) is 3.13. The molecule has 0 amide bonds. The number of carboxylic acids is 1. The highest BCUT2D eigenvalue weighted by Gasteiger charge is 2.05. The number of hydrogen-bond acceptors (Lipinski definition) is 4. The molecule has 0 radical (unpaired) electrons. The number of carboxylic acid groups (broad SMARTS) is 1. The second-order valence-corrected chi connectivity index (χ2v) is 5.27. The zero-order chi connectivity index (χ0) is 11.5. The van der Waals surface area contributed by atoms with Crippen molar-refractivity contribution in [3.05, 3.63) is 29.8 Å². The molecule has 1 aromatic rings. The molecule has 0 aliphatic heterocycles. The first-order valence-electron chi connectivity index (χ1n) is 4.13. The lowest BCUT2D eigenvalue weighted by atomic mass is 10.2. The fraction of sp³-hybridized carbons (Fsp3) is 0.222. The molecular formula is C9H11NO4S. The summed E-state index contributed by atoms with van der Waals surface area (Å²) in [5, 5.41) is 11.3. The Hall–Kier alpha value is -1.56. The summed E-state index contributed by atoms with van der Waals surface area (Å²) in [4.78, 5) is 10.6. The highest BCUT2D eigenvalue weighted by Crippen LogP contribution is 2.10. The van der Waals surface area contributed by atoms with E-state index in [2.05, 4.69) is 5.32 Å². The van der Waals surface area contributed by atoms with Gasteiger partial charge < -0.3 is 10.4 Å². The van der Waals surface area contributed by atoms with E-state index < -0.39 is 15.8 Å². The Morgan fingerprint density at radius 2 is 2.13 bits per heavy atom. The van der Waals surface area contributed by atoms with Gasteiger partial charge in [0.2, 0.25) is 0 Å². The van der Waals surface area contributed by atoms with E-state index in [-0.39, 0.29) is 11.4 Å². The minimum atomic E-state index is -3.11. The van der Waals surface area contributed by atoms with Crippen molar-refractivity contribution in [1.29, 1.82) is 0 Å². The van der Waals surface area contributed by atoms with Crippen LogP contribution in [0, 0.1) is 0 Å². The summed E-state index contributed by atoms with van der Waals surface area (Å²) in [6, 6.07) is 5.98. The zero-order valence-electron chi connectivity index (χ0n) is 8.10. The summed E-state index contributed by atoms with van der Waals surface area (Å²) < 4.78 is 21.7. The number of sulfone groups is 1. The zero-order valence-corrected chi connectivity index (χ0v) is 8.91. The standard InChI is InChI=1S/C9H11NO4S/c1-15(13,14)6-10-8-4-2-3-7(5-8)9(11)12/h2-5,10H,6H2,1H3,(H,11,12). The van der Waals surface area contributed by atoms with Crippen molar-refractivity contribution in [1.82, 2.24) is 0 Å². The fourth-order valence-corrected chi connectivity index (χ4v) is 1.41. The van der Waals surface area contributed by atoms with Crippen molar-refractivity contribution < 1.29 is 18.3 Å². The molecule has 0 unspecified atom stereocenters. The van der Waals surface area contributed by atoms with Gasteiger partial charge in [0.25, 0.3) is 0 Å². The van der Waals surface area contributed by atoms with Crippen molar-refractivity contribution in [2.75, 3.05) is 17.4 Å². The van der Waals surface area contributed by atoms with Gasteiger partial charge in [-0.3, -0.25) is 0 Å². The van der Waals surface area contributed by atoms with E-state index in [9.17, 15) is 13.2 Å². The Labute approximate surface area is 87.7 Å². The molecule has 0 bridgehead atoms. The van der Waals surface area contributed by atoms with Gasteiger partial charge in [-0.2, -0.15) is 0 Å². The van der Waals surface area contributed by atoms with Gasteiger partial charge in [-0.25, -0.2) is 13.2 Å². The van der Waals surface area contributed by atoms with Crippen molar-refractivity contribution in [2.24, 2.45) is 0 Å². The topological polar surface area (TPSA) is 83.5 Å². The Kier molecular flexibility index (Phi) is 3.31. The molecule has 0 fully saturated rings. The van der Waals surface area contributed by atoms with Crippen molar-refractivity contribution >= 4 is 21.5 Å². The number of aromatic carboxylic acids is 1.